The van der Waals surface area contributed by atoms with Crippen molar-refractivity contribution >= 4 is 5.78 Å². The van der Waals surface area contributed by atoms with Gasteiger partial charge in [0.1, 0.15) is 0 Å². The molecule has 0 bridgehead atoms. The second-order valence-electron chi connectivity index (χ2n) is 4.37. The highest BCUT2D eigenvalue weighted by atomic mass is 16.1. The minimum Gasteiger partial charge on any atom is -0.293 e. The zero-order valence-corrected chi connectivity index (χ0v) is 9.59. The topological polar surface area (TPSA) is 34.9 Å². The van der Waals surface area contributed by atoms with Gasteiger partial charge in [0.2, 0.25) is 0 Å². The van der Waals surface area contributed by atoms with Gasteiger partial charge in [-0.3, -0.25) is 9.48 Å². The van der Waals surface area contributed by atoms with Crippen molar-refractivity contribution in [2.45, 2.75) is 34.1 Å². The Hall–Kier alpha value is -1.12. The van der Waals surface area contributed by atoms with Crippen LogP contribution in [-0.2, 0) is 7.05 Å². The summed E-state index contributed by atoms with van der Waals surface area (Å²) in [5.74, 6) is 0.186. The Bertz CT molecular complexity index is 350. The quantitative estimate of drug-likeness (QED) is 0.692. The fourth-order valence-electron chi connectivity index (χ4n) is 1.35. The van der Waals surface area contributed by atoms with Crippen molar-refractivity contribution in [1.29, 1.82) is 0 Å². The van der Waals surface area contributed by atoms with E-state index in [1.165, 1.54) is 0 Å². The minimum absolute atomic E-state index is 0.186. The molecule has 0 atom stereocenters. The molecule has 3 nitrogen and oxygen atoms in total. The molecule has 0 aliphatic carbocycles. The summed E-state index contributed by atoms with van der Waals surface area (Å²) < 4.78 is 1.69. The van der Waals surface area contributed by atoms with Crippen molar-refractivity contribution in [2.75, 3.05) is 0 Å². The van der Waals surface area contributed by atoms with Crippen molar-refractivity contribution in [3.63, 3.8) is 0 Å². The lowest BCUT2D eigenvalue weighted by atomic mass is 9.82. The molecule has 0 radical (unpaired) electrons. The van der Waals surface area contributed by atoms with Gasteiger partial charge in [0, 0.05) is 18.7 Å². The van der Waals surface area contributed by atoms with Crippen LogP contribution < -0.4 is 0 Å². The largest absolute Gasteiger partial charge is 0.293 e. The van der Waals surface area contributed by atoms with Gasteiger partial charge in [-0.1, -0.05) is 20.8 Å². The standard InChI is InChI=1S/C11H18N2O/c1-6-11(3,4)10(14)9-7-13(5)12-8(9)2/h7H,6H2,1-5H3. The summed E-state index contributed by atoms with van der Waals surface area (Å²) in [4.78, 5) is 12.1. The molecule has 1 heterocycles. The molecule has 0 aromatic carbocycles. The maximum atomic E-state index is 12.1. The first-order valence-electron chi connectivity index (χ1n) is 4.93. The predicted octanol–water partition coefficient (Wildman–Crippen LogP) is 2.35. The molecule has 3 heteroatoms. The number of carbonyl (C=O) groups is 1. The summed E-state index contributed by atoms with van der Waals surface area (Å²) in [6, 6.07) is 0. The second kappa shape index (κ2) is 3.56. The third-order valence-electron chi connectivity index (χ3n) is 2.76. The van der Waals surface area contributed by atoms with Crippen LogP contribution in [0.3, 0.4) is 0 Å². The Balaban J connectivity index is 3.06. The minimum atomic E-state index is -0.284. The van der Waals surface area contributed by atoms with E-state index in [1.807, 2.05) is 34.7 Å². The van der Waals surface area contributed by atoms with Crippen molar-refractivity contribution in [3.05, 3.63) is 17.5 Å². The number of Topliss-reactive ketones (excluding diaryl/α,β-unsaturated/α-hetero) is 1. The fraction of sp³-hybridized carbons (Fsp3) is 0.636. The van der Waals surface area contributed by atoms with Gasteiger partial charge in [-0.2, -0.15) is 5.10 Å². The first-order valence-corrected chi connectivity index (χ1v) is 4.93. The zero-order chi connectivity index (χ0) is 10.9. The van der Waals surface area contributed by atoms with E-state index in [9.17, 15) is 4.79 Å². The Morgan fingerprint density at radius 1 is 1.57 bits per heavy atom. The highest BCUT2D eigenvalue weighted by Crippen LogP contribution is 2.26. The molecular formula is C11H18N2O. The highest BCUT2D eigenvalue weighted by Gasteiger charge is 2.28. The number of hydrogen-bond donors (Lipinski definition) is 0. The Kier molecular flexibility index (Phi) is 2.79. The van der Waals surface area contributed by atoms with Gasteiger partial charge in [0.05, 0.1) is 11.3 Å². The molecule has 0 saturated carbocycles. The van der Waals surface area contributed by atoms with Gasteiger partial charge < -0.3 is 0 Å². The van der Waals surface area contributed by atoms with Gasteiger partial charge in [-0.25, -0.2) is 0 Å². The summed E-state index contributed by atoms with van der Waals surface area (Å²) in [6.45, 7) is 7.85. The van der Waals surface area contributed by atoms with Crippen molar-refractivity contribution in [3.8, 4) is 0 Å². The van der Waals surface area contributed by atoms with Crippen LogP contribution in [0.4, 0.5) is 0 Å². The lowest BCUT2D eigenvalue weighted by Crippen LogP contribution is -2.23. The summed E-state index contributed by atoms with van der Waals surface area (Å²) in [5, 5.41) is 4.18. The van der Waals surface area contributed by atoms with Gasteiger partial charge in [-0.15, -0.1) is 0 Å². The van der Waals surface area contributed by atoms with E-state index in [4.69, 9.17) is 0 Å². The molecule has 0 aliphatic heterocycles. The molecule has 1 aromatic heterocycles. The first-order chi connectivity index (χ1) is 6.38. The number of rotatable bonds is 3. The molecule has 1 aromatic rings. The zero-order valence-electron chi connectivity index (χ0n) is 9.59. The van der Waals surface area contributed by atoms with Crippen LogP contribution >= 0.6 is 0 Å². The van der Waals surface area contributed by atoms with Crippen LogP contribution in [0.25, 0.3) is 0 Å². The average molecular weight is 194 g/mol. The highest BCUT2D eigenvalue weighted by molar-refractivity contribution is 6.00. The molecule has 0 fully saturated rings. The van der Waals surface area contributed by atoms with E-state index in [2.05, 4.69) is 5.10 Å². The number of carbonyl (C=O) groups excluding carboxylic acids is 1. The molecule has 0 saturated heterocycles. The van der Waals surface area contributed by atoms with E-state index in [0.717, 1.165) is 17.7 Å². The molecule has 14 heavy (non-hydrogen) atoms. The molecule has 0 spiro atoms. The third-order valence-corrected chi connectivity index (χ3v) is 2.76. The lowest BCUT2D eigenvalue weighted by molar-refractivity contribution is 0.0832. The average Bonchev–Trinajstić information content (AvgIpc) is 2.44. The van der Waals surface area contributed by atoms with Gasteiger partial charge in [0.25, 0.3) is 0 Å². The Morgan fingerprint density at radius 2 is 2.14 bits per heavy atom. The summed E-state index contributed by atoms with van der Waals surface area (Å²) in [6.07, 6.45) is 2.65. The molecular weight excluding hydrogens is 176 g/mol. The van der Waals surface area contributed by atoms with Crippen molar-refractivity contribution in [2.24, 2.45) is 12.5 Å². The normalized spacial score (nSPS) is 11.8. The van der Waals surface area contributed by atoms with E-state index < -0.39 is 0 Å². The summed E-state index contributed by atoms with van der Waals surface area (Å²) >= 11 is 0. The van der Waals surface area contributed by atoms with Crippen LogP contribution in [0.5, 0.6) is 0 Å². The Morgan fingerprint density at radius 3 is 2.50 bits per heavy atom. The van der Waals surface area contributed by atoms with Crippen LogP contribution in [0, 0.1) is 12.3 Å². The molecule has 0 unspecified atom stereocenters. The molecule has 1 rings (SSSR count). The van der Waals surface area contributed by atoms with Crippen molar-refractivity contribution < 1.29 is 4.79 Å². The maximum Gasteiger partial charge on any atom is 0.171 e. The van der Waals surface area contributed by atoms with Crippen LogP contribution in [-0.4, -0.2) is 15.6 Å². The van der Waals surface area contributed by atoms with Crippen LogP contribution in [0.1, 0.15) is 43.2 Å². The monoisotopic (exact) mass is 194 g/mol. The maximum absolute atomic E-state index is 12.1. The second-order valence-corrected chi connectivity index (χ2v) is 4.37. The molecule has 0 aliphatic rings. The van der Waals surface area contributed by atoms with Crippen LogP contribution in [0.2, 0.25) is 0 Å². The predicted molar refractivity (Wildman–Crippen MR) is 56.3 cm³/mol. The number of hydrogen-bond acceptors (Lipinski definition) is 2. The smallest absolute Gasteiger partial charge is 0.171 e. The van der Waals surface area contributed by atoms with E-state index in [-0.39, 0.29) is 11.2 Å². The number of nitrogens with zero attached hydrogens (tertiary/aromatic N) is 2. The SMILES string of the molecule is CCC(C)(C)C(=O)c1cn(C)nc1C. The summed E-state index contributed by atoms with van der Waals surface area (Å²) in [5.41, 5.74) is 1.28. The van der Waals surface area contributed by atoms with Crippen molar-refractivity contribution in [1.82, 2.24) is 9.78 Å². The Labute approximate surface area is 85.1 Å². The first kappa shape index (κ1) is 11.0. The van der Waals surface area contributed by atoms with E-state index >= 15 is 0 Å². The van der Waals surface area contributed by atoms with Gasteiger partial charge in [0.15, 0.2) is 5.78 Å². The van der Waals surface area contributed by atoms with E-state index in [0.29, 0.717) is 0 Å². The number of ketones is 1. The van der Waals surface area contributed by atoms with Gasteiger partial charge in [-0.05, 0) is 13.3 Å². The fourth-order valence-corrected chi connectivity index (χ4v) is 1.35. The molecule has 0 amide bonds. The number of aryl methyl sites for hydroxylation is 2. The van der Waals surface area contributed by atoms with Gasteiger partial charge >= 0.3 is 0 Å². The lowest BCUT2D eigenvalue weighted by Gasteiger charge is -2.20. The summed E-state index contributed by atoms with van der Waals surface area (Å²) in [7, 11) is 1.84. The molecule has 78 valence electrons. The van der Waals surface area contributed by atoms with E-state index in [1.54, 1.807) is 10.9 Å². The molecule has 0 N–H and O–H groups in total. The van der Waals surface area contributed by atoms with Crippen LogP contribution in [0.15, 0.2) is 6.20 Å². The number of aromatic nitrogens is 2. The third kappa shape index (κ3) is 1.86.